The number of sulfonamides is 1. The molecule has 10 heteroatoms. The summed E-state index contributed by atoms with van der Waals surface area (Å²) < 4.78 is 36.9. The molecule has 0 N–H and O–H groups in total. The van der Waals surface area contributed by atoms with E-state index in [1.54, 1.807) is 6.07 Å². The summed E-state index contributed by atoms with van der Waals surface area (Å²) in [6.45, 7) is 1.28. The van der Waals surface area contributed by atoms with E-state index >= 15 is 0 Å². The normalized spacial score (nSPS) is 15.7. The Hall–Kier alpha value is -2.56. The predicted molar refractivity (Wildman–Crippen MR) is 87.0 cm³/mol. The Morgan fingerprint density at radius 1 is 1.16 bits per heavy atom. The van der Waals surface area contributed by atoms with Gasteiger partial charge in [-0.15, -0.1) is 0 Å². The number of hydrogen-bond donors (Lipinski definition) is 0. The first-order chi connectivity index (χ1) is 12.0. The van der Waals surface area contributed by atoms with Crippen LogP contribution in [-0.2, 0) is 14.8 Å². The average Bonchev–Trinajstić information content (AvgIpc) is 2.63. The van der Waals surface area contributed by atoms with Crippen molar-refractivity contribution in [2.45, 2.75) is 4.90 Å². The molecule has 3 rings (SSSR count). The van der Waals surface area contributed by atoms with Crippen LogP contribution >= 0.6 is 0 Å². The highest BCUT2D eigenvalue weighted by Crippen LogP contribution is 2.30. The van der Waals surface area contributed by atoms with Crippen LogP contribution in [0.15, 0.2) is 47.5 Å². The Morgan fingerprint density at radius 2 is 1.88 bits per heavy atom. The highest BCUT2D eigenvalue weighted by molar-refractivity contribution is 7.89. The average molecular weight is 365 g/mol. The van der Waals surface area contributed by atoms with E-state index in [-0.39, 0.29) is 35.3 Å². The molecule has 0 saturated carbocycles. The zero-order valence-corrected chi connectivity index (χ0v) is 13.9. The molecular weight excluding hydrogens is 350 g/mol. The predicted octanol–water partition coefficient (Wildman–Crippen LogP) is 1.80. The van der Waals surface area contributed by atoms with Crippen LogP contribution in [0.3, 0.4) is 0 Å². The fraction of sp³-hybridized carbons (Fsp3) is 0.267. The van der Waals surface area contributed by atoms with Crippen LogP contribution < -0.4 is 4.74 Å². The molecule has 1 aromatic carbocycles. The zero-order valence-electron chi connectivity index (χ0n) is 13.1. The van der Waals surface area contributed by atoms with Crippen molar-refractivity contribution in [2.24, 2.45) is 0 Å². The van der Waals surface area contributed by atoms with Crippen LogP contribution in [0.4, 0.5) is 5.69 Å². The molecular formula is C15H15N3O6S. The lowest BCUT2D eigenvalue weighted by Gasteiger charge is -2.25. The van der Waals surface area contributed by atoms with E-state index < -0.39 is 14.9 Å². The first-order valence-electron chi connectivity index (χ1n) is 7.44. The van der Waals surface area contributed by atoms with Crippen molar-refractivity contribution in [3.05, 3.63) is 52.7 Å². The Bertz CT molecular complexity index is 863. The summed E-state index contributed by atoms with van der Waals surface area (Å²) >= 11 is 0. The van der Waals surface area contributed by atoms with Gasteiger partial charge in [0.1, 0.15) is 4.90 Å². The second-order valence-electron chi connectivity index (χ2n) is 5.18. The number of ether oxygens (including phenoxy) is 2. The third kappa shape index (κ3) is 3.76. The monoisotopic (exact) mass is 365 g/mol. The van der Waals surface area contributed by atoms with Crippen LogP contribution in [0.5, 0.6) is 11.6 Å². The quantitative estimate of drug-likeness (QED) is 0.586. The lowest BCUT2D eigenvalue weighted by Crippen LogP contribution is -2.40. The van der Waals surface area contributed by atoms with Gasteiger partial charge in [-0.2, -0.15) is 4.31 Å². The Morgan fingerprint density at radius 3 is 2.52 bits per heavy atom. The number of morpholine rings is 1. The SMILES string of the molecule is O=[N+]([O-])c1ccccc1Oc1ccc(S(=O)(=O)N2CCOCC2)cn1. The molecule has 9 nitrogen and oxygen atoms in total. The third-order valence-corrected chi connectivity index (χ3v) is 5.48. The molecule has 25 heavy (non-hydrogen) atoms. The van der Waals surface area contributed by atoms with E-state index in [2.05, 4.69) is 4.98 Å². The summed E-state index contributed by atoms with van der Waals surface area (Å²) in [6, 6.07) is 8.60. The van der Waals surface area contributed by atoms with E-state index in [1.807, 2.05) is 0 Å². The maximum atomic E-state index is 12.5. The summed E-state index contributed by atoms with van der Waals surface area (Å²) in [5.74, 6) is 0.0963. The fourth-order valence-corrected chi connectivity index (χ4v) is 3.68. The van der Waals surface area contributed by atoms with Crippen molar-refractivity contribution in [1.29, 1.82) is 0 Å². The van der Waals surface area contributed by atoms with Gasteiger partial charge in [-0.1, -0.05) is 12.1 Å². The summed E-state index contributed by atoms with van der Waals surface area (Å²) in [7, 11) is -3.65. The van der Waals surface area contributed by atoms with E-state index in [0.29, 0.717) is 13.2 Å². The molecule has 0 radical (unpaired) electrons. The molecule has 0 amide bonds. The fourth-order valence-electron chi connectivity index (χ4n) is 2.32. The van der Waals surface area contributed by atoms with Crippen LogP contribution in [0.2, 0.25) is 0 Å². The molecule has 132 valence electrons. The zero-order chi connectivity index (χ0) is 17.9. The largest absolute Gasteiger partial charge is 0.432 e. The molecule has 0 bridgehead atoms. The number of rotatable bonds is 5. The Balaban J connectivity index is 1.80. The van der Waals surface area contributed by atoms with Crippen molar-refractivity contribution in [1.82, 2.24) is 9.29 Å². The highest BCUT2D eigenvalue weighted by atomic mass is 32.2. The van der Waals surface area contributed by atoms with Gasteiger partial charge in [-0.3, -0.25) is 10.1 Å². The summed E-state index contributed by atoms with van der Waals surface area (Å²) in [6.07, 6.45) is 1.18. The van der Waals surface area contributed by atoms with Crippen LogP contribution in [-0.4, -0.2) is 48.9 Å². The molecule has 1 fully saturated rings. The molecule has 0 atom stereocenters. The van der Waals surface area contributed by atoms with Gasteiger partial charge in [0, 0.05) is 25.2 Å². The maximum Gasteiger partial charge on any atom is 0.311 e. The summed E-state index contributed by atoms with van der Waals surface area (Å²) in [5.41, 5.74) is -0.200. The van der Waals surface area contributed by atoms with Crippen molar-refractivity contribution in [3.8, 4) is 11.6 Å². The number of benzene rings is 1. The van der Waals surface area contributed by atoms with Gasteiger partial charge in [-0.25, -0.2) is 13.4 Å². The number of aromatic nitrogens is 1. The minimum atomic E-state index is -3.65. The molecule has 1 aromatic heterocycles. The molecule has 2 aromatic rings. The van der Waals surface area contributed by atoms with Gasteiger partial charge >= 0.3 is 5.69 Å². The van der Waals surface area contributed by atoms with Crippen LogP contribution in [0, 0.1) is 10.1 Å². The topological polar surface area (TPSA) is 112 Å². The number of nitrogens with zero attached hydrogens (tertiary/aromatic N) is 3. The first kappa shape index (κ1) is 17.3. The lowest BCUT2D eigenvalue weighted by atomic mass is 10.3. The standard InChI is InChI=1S/C15H15N3O6S/c19-18(20)13-3-1-2-4-14(13)24-15-6-5-12(11-16-15)25(21,22)17-7-9-23-10-8-17/h1-6,11H,7-10H2. The third-order valence-electron chi connectivity index (χ3n) is 3.59. The van der Waals surface area contributed by atoms with Crippen molar-refractivity contribution < 1.29 is 22.8 Å². The summed E-state index contributed by atoms with van der Waals surface area (Å²) in [5, 5.41) is 11.0. The van der Waals surface area contributed by atoms with Gasteiger partial charge in [0.05, 0.1) is 24.3 Å². The first-order valence-corrected chi connectivity index (χ1v) is 8.88. The maximum absolute atomic E-state index is 12.5. The highest BCUT2D eigenvalue weighted by Gasteiger charge is 2.26. The smallest absolute Gasteiger partial charge is 0.311 e. The minimum Gasteiger partial charge on any atom is -0.432 e. The van der Waals surface area contributed by atoms with Gasteiger partial charge in [-0.05, 0) is 12.1 Å². The number of nitro benzene ring substituents is 1. The van der Waals surface area contributed by atoms with Crippen molar-refractivity contribution in [3.63, 3.8) is 0 Å². The number of para-hydroxylation sites is 2. The Kier molecular flexibility index (Phi) is 4.93. The molecule has 0 spiro atoms. The number of nitro groups is 1. The lowest BCUT2D eigenvalue weighted by molar-refractivity contribution is -0.385. The van der Waals surface area contributed by atoms with Gasteiger partial charge in [0.15, 0.2) is 0 Å². The molecule has 2 heterocycles. The minimum absolute atomic E-state index is 0.0313. The second kappa shape index (κ2) is 7.13. The molecule has 1 aliphatic heterocycles. The van der Waals surface area contributed by atoms with Crippen molar-refractivity contribution in [2.75, 3.05) is 26.3 Å². The molecule has 0 unspecified atom stereocenters. The number of pyridine rings is 1. The van der Waals surface area contributed by atoms with Gasteiger partial charge in [0.2, 0.25) is 21.7 Å². The van der Waals surface area contributed by atoms with Gasteiger partial charge < -0.3 is 9.47 Å². The van der Waals surface area contributed by atoms with Gasteiger partial charge in [0.25, 0.3) is 0 Å². The number of hydrogen-bond acceptors (Lipinski definition) is 7. The van der Waals surface area contributed by atoms with Crippen molar-refractivity contribution >= 4 is 15.7 Å². The second-order valence-corrected chi connectivity index (χ2v) is 7.11. The van der Waals surface area contributed by atoms with E-state index in [4.69, 9.17) is 9.47 Å². The van der Waals surface area contributed by atoms with Crippen LogP contribution in [0.25, 0.3) is 0 Å². The van der Waals surface area contributed by atoms with Crippen LogP contribution in [0.1, 0.15) is 0 Å². The molecule has 1 aliphatic rings. The molecule has 0 aliphatic carbocycles. The van der Waals surface area contributed by atoms with E-state index in [0.717, 1.165) is 0 Å². The van der Waals surface area contributed by atoms with E-state index in [1.165, 1.54) is 40.8 Å². The summed E-state index contributed by atoms with van der Waals surface area (Å²) in [4.78, 5) is 14.4. The Labute approximate surface area is 144 Å². The van der Waals surface area contributed by atoms with E-state index in [9.17, 15) is 18.5 Å². The molecule has 1 saturated heterocycles.